The van der Waals surface area contributed by atoms with E-state index in [0.717, 1.165) is 0 Å². The molecule has 10 nitrogen and oxygen atoms in total. The third kappa shape index (κ3) is 7.27. The Balaban J connectivity index is 2.76. The monoisotopic (exact) mass is 400 g/mol. The number of hydrogen-bond donors (Lipinski definition) is 6. The van der Waals surface area contributed by atoms with Gasteiger partial charge in [0.05, 0.1) is 6.04 Å². The maximum Gasteiger partial charge on any atom is 0.252 e. The Kier molecular flexibility index (Phi) is 9.15. The molecule has 1 fully saturated rings. The Morgan fingerprint density at radius 1 is 1.32 bits per heavy atom. The molecule has 6 N–H and O–H groups in total. The molecule has 1 aliphatic rings. The van der Waals surface area contributed by atoms with Gasteiger partial charge >= 0.3 is 0 Å². The van der Waals surface area contributed by atoms with Gasteiger partial charge in [-0.1, -0.05) is 32.9 Å². The zero-order valence-electron chi connectivity index (χ0n) is 16.8. The number of methoxy groups -OCH3 is 1. The Hall–Kier alpha value is -1.88. The van der Waals surface area contributed by atoms with Gasteiger partial charge in [0.25, 0.3) is 5.91 Å². The van der Waals surface area contributed by atoms with Crippen LogP contribution in [0.2, 0.25) is 0 Å². The highest BCUT2D eigenvalue weighted by Gasteiger charge is 2.37. The maximum absolute atomic E-state index is 12.5. The number of carbonyl (C=O) groups is 2. The molecule has 0 radical (unpaired) electrons. The van der Waals surface area contributed by atoms with E-state index in [1.165, 1.54) is 13.2 Å². The van der Waals surface area contributed by atoms with Crippen molar-refractivity contribution in [1.82, 2.24) is 10.6 Å². The molecular weight excluding hydrogens is 368 g/mol. The van der Waals surface area contributed by atoms with Crippen molar-refractivity contribution in [2.24, 2.45) is 10.5 Å². The Morgan fingerprint density at radius 3 is 2.50 bits per heavy atom. The van der Waals surface area contributed by atoms with E-state index < -0.39 is 42.3 Å². The normalized spacial score (nSPS) is 25.3. The molecule has 0 saturated carbocycles. The van der Waals surface area contributed by atoms with E-state index in [1.54, 1.807) is 6.08 Å². The number of aliphatic hydroxyl groups is 3. The van der Waals surface area contributed by atoms with Crippen molar-refractivity contribution >= 4 is 11.8 Å². The highest BCUT2D eigenvalue weighted by molar-refractivity contribution is 5.89. The van der Waals surface area contributed by atoms with Gasteiger partial charge in [-0.2, -0.15) is 5.11 Å². The number of ether oxygens (including phenoxy) is 1. The van der Waals surface area contributed by atoms with Gasteiger partial charge in [0.2, 0.25) is 5.91 Å². The molecule has 0 bridgehead atoms. The first-order chi connectivity index (χ1) is 13.0. The lowest BCUT2D eigenvalue weighted by Crippen LogP contribution is -2.55. The van der Waals surface area contributed by atoms with E-state index in [2.05, 4.69) is 15.7 Å². The number of rotatable bonds is 8. The second-order valence-corrected chi connectivity index (χ2v) is 8.02. The SMILES string of the molecule is CO[C@@H](C(=O)N[C@H]1CC[C@H](N=N)CNC1=O)[C@H](O)[C@@H](O)[C@H](O)/C=C/C(C)(C)C. The van der Waals surface area contributed by atoms with Gasteiger partial charge in [0, 0.05) is 13.7 Å². The average Bonchev–Trinajstić information content (AvgIpc) is 2.80. The zero-order valence-corrected chi connectivity index (χ0v) is 16.8. The van der Waals surface area contributed by atoms with Crippen molar-refractivity contribution in [3.8, 4) is 0 Å². The molecule has 2 amide bonds. The summed E-state index contributed by atoms with van der Waals surface area (Å²) < 4.78 is 5.00. The van der Waals surface area contributed by atoms with Crippen molar-refractivity contribution in [2.75, 3.05) is 13.7 Å². The summed E-state index contributed by atoms with van der Waals surface area (Å²) in [6, 6.07) is -1.21. The molecule has 0 unspecified atom stereocenters. The molecule has 0 aromatic rings. The Labute approximate surface area is 164 Å². The van der Waals surface area contributed by atoms with Gasteiger partial charge in [0.1, 0.15) is 24.4 Å². The first-order valence-electron chi connectivity index (χ1n) is 9.21. The molecule has 160 valence electrons. The van der Waals surface area contributed by atoms with E-state index in [1.807, 2.05) is 20.8 Å². The second-order valence-electron chi connectivity index (χ2n) is 8.02. The van der Waals surface area contributed by atoms with Crippen LogP contribution in [0.4, 0.5) is 0 Å². The molecule has 28 heavy (non-hydrogen) atoms. The standard InChI is InChI=1S/C18H32N4O6/c1-18(2,3)8-7-12(23)13(24)14(25)15(28-4)17(27)21-11-6-5-10(22-19)9-20-16(11)26/h7-8,10-15,19,23-25H,5-6,9H2,1-4H3,(H,20,26)(H,21,27)/b8-7+,22-19?/t10-,11-,12+,13-,14+,15+/m0/s1. The van der Waals surface area contributed by atoms with Gasteiger partial charge in [-0.25, -0.2) is 5.53 Å². The smallest absolute Gasteiger partial charge is 0.252 e. The summed E-state index contributed by atoms with van der Waals surface area (Å²) in [5.41, 5.74) is 6.82. The minimum absolute atomic E-state index is 0.218. The first-order valence-corrected chi connectivity index (χ1v) is 9.21. The van der Waals surface area contributed by atoms with Crippen molar-refractivity contribution in [3.05, 3.63) is 12.2 Å². The third-order valence-electron chi connectivity index (χ3n) is 4.43. The van der Waals surface area contributed by atoms with Crippen molar-refractivity contribution in [2.45, 2.75) is 70.1 Å². The van der Waals surface area contributed by atoms with Crippen LogP contribution in [-0.2, 0) is 14.3 Å². The van der Waals surface area contributed by atoms with E-state index in [4.69, 9.17) is 10.3 Å². The molecule has 10 heteroatoms. The van der Waals surface area contributed by atoms with Crippen LogP contribution in [0.25, 0.3) is 0 Å². The quantitative estimate of drug-likeness (QED) is 0.237. The fourth-order valence-corrected chi connectivity index (χ4v) is 2.72. The lowest BCUT2D eigenvalue weighted by atomic mass is 9.94. The van der Waals surface area contributed by atoms with Crippen molar-refractivity contribution in [1.29, 1.82) is 5.53 Å². The second kappa shape index (κ2) is 10.6. The molecule has 1 saturated heterocycles. The van der Waals surface area contributed by atoms with Gasteiger partial charge in [0.15, 0.2) is 6.10 Å². The lowest BCUT2D eigenvalue weighted by Gasteiger charge is -2.28. The van der Waals surface area contributed by atoms with E-state index in [0.29, 0.717) is 6.42 Å². The van der Waals surface area contributed by atoms with Gasteiger partial charge < -0.3 is 30.7 Å². The first kappa shape index (κ1) is 24.2. The Morgan fingerprint density at radius 2 is 1.96 bits per heavy atom. The van der Waals surface area contributed by atoms with Crippen LogP contribution in [0.1, 0.15) is 33.6 Å². The summed E-state index contributed by atoms with van der Waals surface area (Å²) in [6.45, 7) is 5.93. The summed E-state index contributed by atoms with van der Waals surface area (Å²) in [6.07, 6.45) is -2.52. The van der Waals surface area contributed by atoms with Gasteiger partial charge in [-0.3, -0.25) is 9.59 Å². The summed E-state index contributed by atoms with van der Waals surface area (Å²) in [5, 5.41) is 39.0. The minimum atomic E-state index is -1.71. The number of allylic oxidation sites excluding steroid dienone is 1. The molecule has 0 aromatic carbocycles. The molecule has 1 aliphatic heterocycles. The lowest BCUT2D eigenvalue weighted by molar-refractivity contribution is -0.150. The fraction of sp³-hybridized carbons (Fsp3) is 0.778. The fourth-order valence-electron chi connectivity index (χ4n) is 2.72. The molecule has 0 aliphatic carbocycles. The van der Waals surface area contributed by atoms with Gasteiger partial charge in [-0.15, -0.1) is 0 Å². The topological polar surface area (TPSA) is 164 Å². The van der Waals surface area contributed by atoms with Crippen LogP contribution < -0.4 is 10.6 Å². The molecule has 0 spiro atoms. The molecule has 1 rings (SSSR count). The van der Waals surface area contributed by atoms with Crippen LogP contribution in [0.15, 0.2) is 17.3 Å². The average molecular weight is 400 g/mol. The number of hydrogen-bond acceptors (Lipinski definition) is 8. The van der Waals surface area contributed by atoms with Crippen molar-refractivity contribution in [3.63, 3.8) is 0 Å². The maximum atomic E-state index is 12.5. The number of nitrogens with zero attached hydrogens (tertiary/aromatic N) is 1. The van der Waals surface area contributed by atoms with Crippen LogP contribution >= 0.6 is 0 Å². The summed E-state index contributed by atoms with van der Waals surface area (Å²) in [5.74, 6) is -1.21. The molecule has 6 atom stereocenters. The van der Waals surface area contributed by atoms with Crippen LogP contribution in [0.3, 0.4) is 0 Å². The van der Waals surface area contributed by atoms with E-state index >= 15 is 0 Å². The number of aliphatic hydroxyl groups excluding tert-OH is 3. The largest absolute Gasteiger partial charge is 0.387 e. The predicted octanol–water partition coefficient (Wildman–Crippen LogP) is -0.519. The van der Waals surface area contributed by atoms with Crippen LogP contribution in [0.5, 0.6) is 0 Å². The van der Waals surface area contributed by atoms with Crippen LogP contribution in [0, 0.1) is 10.9 Å². The van der Waals surface area contributed by atoms with E-state index in [9.17, 15) is 24.9 Å². The number of amides is 2. The van der Waals surface area contributed by atoms with Crippen molar-refractivity contribution < 1.29 is 29.6 Å². The summed E-state index contributed by atoms with van der Waals surface area (Å²) in [4.78, 5) is 24.6. The number of carbonyl (C=O) groups excluding carboxylic acids is 2. The van der Waals surface area contributed by atoms with Crippen LogP contribution in [-0.4, -0.2) is 77.3 Å². The van der Waals surface area contributed by atoms with Gasteiger partial charge in [-0.05, 0) is 18.3 Å². The summed E-state index contributed by atoms with van der Waals surface area (Å²) >= 11 is 0. The highest BCUT2D eigenvalue weighted by Crippen LogP contribution is 2.17. The summed E-state index contributed by atoms with van der Waals surface area (Å²) in [7, 11) is 1.18. The zero-order chi connectivity index (χ0) is 21.5. The molecule has 1 heterocycles. The number of nitrogens with one attached hydrogen (secondary N) is 3. The molecule has 0 aromatic heterocycles. The minimum Gasteiger partial charge on any atom is -0.387 e. The molecular formula is C18H32N4O6. The highest BCUT2D eigenvalue weighted by atomic mass is 16.5. The predicted molar refractivity (Wildman–Crippen MR) is 101 cm³/mol. The third-order valence-corrected chi connectivity index (χ3v) is 4.43. The Bertz CT molecular complexity index is 577. The van der Waals surface area contributed by atoms with E-state index in [-0.39, 0.29) is 24.4 Å².